The summed E-state index contributed by atoms with van der Waals surface area (Å²) in [6.07, 6.45) is 0. The van der Waals surface area contributed by atoms with Crippen LogP contribution >= 0.6 is 0 Å². The predicted molar refractivity (Wildman–Crippen MR) is 70.7 cm³/mol. The van der Waals surface area contributed by atoms with E-state index in [4.69, 9.17) is 0 Å². The van der Waals surface area contributed by atoms with Gasteiger partial charge in [-0.15, -0.1) is 0 Å². The molecular formula is C16H12NO+. The van der Waals surface area contributed by atoms with Crippen molar-refractivity contribution in [2.24, 2.45) is 0 Å². The molecule has 1 atom stereocenters. The van der Waals surface area contributed by atoms with Crippen molar-refractivity contribution in [1.29, 1.82) is 0 Å². The maximum absolute atomic E-state index is 12.1. The molecular weight excluding hydrogens is 222 g/mol. The maximum atomic E-state index is 12.1. The molecule has 1 aliphatic rings. The highest BCUT2D eigenvalue weighted by Crippen LogP contribution is 2.31. The van der Waals surface area contributed by atoms with Gasteiger partial charge in [-0.2, -0.15) is 4.57 Å². The highest BCUT2D eigenvalue weighted by molar-refractivity contribution is 6.15. The van der Waals surface area contributed by atoms with E-state index in [2.05, 4.69) is 22.8 Å². The third-order valence-corrected chi connectivity index (χ3v) is 3.88. The van der Waals surface area contributed by atoms with Gasteiger partial charge in [-0.25, -0.2) is 0 Å². The number of Topliss-reactive ketones (excluding diaryl/α,β-unsaturated/α-hetero) is 1. The molecule has 2 nitrogen and oxygen atoms in total. The van der Waals surface area contributed by atoms with Gasteiger partial charge in [0.25, 0.3) is 11.5 Å². The monoisotopic (exact) mass is 234 g/mol. The number of ketones is 1. The van der Waals surface area contributed by atoms with Crippen LogP contribution in [0, 0.1) is 0 Å². The van der Waals surface area contributed by atoms with Crippen LogP contribution in [0.15, 0.2) is 48.5 Å². The van der Waals surface area contributed by atoms with Crippen LogP contribution in [0.25, 0.3) is 21.7 Å². The minimum Gasteiger partial charge on any atom is -0.280 e. The topological polar surface area (TPSA) is 20.9 Å². The standard InChI is InChI=1S/C16H12NO/c1-10-16(18)15-13-8-3-2-6-11(13)12-7-4-5-9-14(12)17(10)15/h2-10H,1H3/q+1. The molecule has 0 aliphatic carbocycles. The van der Waals surface area contributed by atoms with Crippen LogP contribution in [0.4, 0.5) is 0 Å². The van der Waals surface area contributed by atoms with Crippen LogP contribution in [0.1, 0.15) is 23.5 Å². The molecule has 0 fully saturated rings. The number of fused-ring (bicyclic) bond motifs is 6. The van der Waals surface area contributed by atoms with E-state index in [0.717, 1.165) is 16.6 Å². The summed E-state index contributed by atoms with van der Waals surface area (Å²) in [4.78, 5) is 12.1. The molecule has 18 heavy (non-hydrogen) atoms. The summed E-state index contributed by atoms with van der Waals surface area (Å²) in [5.74, 6) is 0.247. The first kappa shape index (κ1) is 9.77. The van der Waals surface area contributed by atoms with E-state index in [0.29, 0.717) is 0 Å². The Labute approximate surface area is 104 Å². The first-order valence-electron chi connectivity index (χ1n) is 6.18. The SMILES string of the molecule is CC1C(=O)c2c3ccccc3c3ccccc3[n+]21. The highest BCUT2D eigenvalue weighted by atomic mass is 16.1. The zero-order valence-electron chi connectivity index (χ0n) is 10.1. The second kappa shape index (κ2) is 3.16. The number of carbonyl (C=O) groups excluding carboxylic acids is 1. The molecule has 1 unspecified atom stereocenters. The third-order valence-electron chi connectivity index (χ3n) is 3.88. The first-order valence-corrected chi connectivity index (χ1v) is 6.18. The minimum absolute atomic E-state index is 0.0329. The molecule has 86 valence electrons. The van der Waals surface area contributed by atoms with Gasteiger partial charge in [-0.1, -0.05) is 30.3 Å². The smallest absolute Gasteiger partial charge is 0.280 e. The molecule has 4 rings (SSSR count). The summed E-state index contributed by atoms with van der Waals surface area (Å²) in [5.41, 5.74) is 2.01. The highest BCUT2D eigenvalue weighted by Gasteiger charge is 2.46. The van der Waals surface area contributed by atoms with Crippen molar-refractivity contribution in [1.82, 2.24) is 0 Å². The van der Waals surface area contributed by atoms with E-state index in [1.807, 2.05) is 37.3 Å². The van der Waals surface area contributed by atoms with Gasteiger partial charge >= 0.3 is 0 Å². The van der Waals surface area contributed by atoms with Gasteiger partial charge < -0.3 is 0 Å². The van der Waals surface area contributed by atoms with Crippen molar-refractivity contribution in [2.75, 3.05) is 0 Å². The Morgan fingerprint density at radius 2 is 1.50 bits per heavy atom. The fraction of sp³-hybridized carbons (Fsp3) is 0.125. The summed E-state index contributed by atoms with van der Waals surface area (Å²) in [5, 5.41) is 3.45. The number of aromatic nitrogens is 1. The van der Waals surface area contributed by atoms with E-state index >= 15 is 0 Å². The van der Waals surface area contributed by atoms with Crippen LogP contribution in [0.5, 0.6) is 0 Å². The summed E-state index contributed by atoms with van der Waals surface area (Å²) >= 11 is 0. The number of para-hydroxylation sites is 1. The molecule has 0 amide bonds. The quantitative estimate of drug-likeness (QED) is 0.432. The average Bonchev–Trinajstić information content (AvgIpc) is 2.44. The fourth-order valence-corrected chi connectivity index (χ4v) is 2.99. The van der Waals surface area contributed by atoms with Crippen LogP contribution in [-0.4, -0.2) is 5.78 Å². The van der Waals surface area contributed by atoms with Gasteiger partial charge in [0.2, 0.25) is 11.6 Å². The van der Waals surface area contributed by atoms with Crippen LogP contribution in [-0.2, 0) is 0 Å². The lowest BCUT2D eigenvalue weighted by atomic mass is 9.92. The summed E-state index contributed by atoms with van der Waals surface area (Å²) in [6.45, 7) is 1.97. The largest absolute Gasteiger partial charge is 0.294 e. The van der Waals surface area contributed by atoms with Crippen LogP contribution < -0.4 is 4.57 Å². The molecule has 0 saturated carbocycles. The first-order chi connectivity index (χ1) is 8.79. The van der Waals surface area contributed by atoms with Gasteiger partial charge in [0.15, 0.2) is 0 Å². The molecule has 0 bridgehead atoms. The number of rotatable bonds is 0. The lowest BCUT2D eigenvalue weighted by Gasteiger charge is -2.21. The zero-order chi connectivity index (χ0) is 12.3. The molecule has 0 spiro atoms. The molecule has 0 radical (unpaired) electrons. The Bertz CT molecular complexity index is 820. The van der Waals surface area contributed by atoms with Crippen molar-refractivity contribution in [3.63, 3.8) is 0 Å². The predicted octanol–water partition coefficient (Wildman–Crippen LogP) is 3.04. The van der Waals surface area contributed by atoms with E-state index < -0.39 is 0 Å². The van der Waals surface area contributed by atoms with Crippen molar-refractivity contribution in [3.05, 3.63) is 54.2 Å². The number of hydrogen-bond donors (Lipinski definition) is 0. The second-order valence-corrected chi connectivity index (χ2v) is 4.82. The molecule has 2 heterocycles. The van der Waals surface area contributed by atoms with Crippen LogP contribution in [0.3, 0.4) is 0 Å². The molecule has 2 aromatic carbocycles. The Morgan fingerprint density at radius 3 is 2.28 bits per heavy atom. The maximum Gasteiger partial charge on any atom is 0.294 e. The number of carbonyl (C=O) groups is 1. The summed E-state index contributed by atoms with van der Waals surface area (Å²) < 4.78 is 2.15. The average molecular weight is 234 g/mol. The lowest BCUT2D eigenvalue weighted by Crippen LogP contribution is -2.58. The van der Waals surface area contributed by atoms with Crippen molar-refractivity contribution < 1.29 is 9.36 Å². The number of hydrogen-bond acceptors (Lipinski definition) is 1. The lowest BCUT2D eigenvalue weighted by molar-refractivity contribution is -0.703. The van der Waals surface area contributed by atoms with E-state index in [9.17, 15) is 4.79 Å². The van der Waals surface area contributed by atoms with E-state index in [-0.39, 0.29) is 11.8 Å². The van der Waals surface area contributed by atoms with Gasteiger partial charge in [-0.3, -0.25) is 4.79 Å². The molecule has 1 aromatic heterocycles. The van der Waals surface area contributed by atoms with Crippen LogP contribution in [0.2, 0.25) is 0 Å². The third kappa shape index (κ3) is 0.986. The second-order valence-electron chi connectivity index (χ2n) is 4.82. The van der Waals surface area contributed by atoms with Gasteiger partial charge in [0.05, 0.1) is 10.8 Å². The van der Waals surface area contributed by atoms with E-state index in [1.165, 1.54) is 10.8 Å². The van der Waals surface area contributed by atoms with Gasteiger partial charge in [-0.05, 0) is 12.1 Å². The molecule has 3 aromatic rings. The fourth-order valence-electron chi connectivity index (χ4n) is 2.99. The molecule has 1 aliphatic heterocycles. The van der Waals surface area contributed by atoms with Crippen molar-refractivity contribution in [2.45, 2.75) is 13.0 Å². The molecule has 2 heteroatoms. The zero-order valence-corrected chi connectivity index (χ0v) is 10.1. The Kier molecular flexibility index (Phi) is 1.72. The summed E-state index contributed by atoms with van der Waals surface area (Å²) in [7, 11) is 0. The Hall–Kier alpha value is -2.22. The van der Waals surface area contributed by atoms with Crippen molar-refractivity contribution >= 4 is 27.5 Å². The molecule has 0 saturated heterocycles. The Balaban J connectivity index is 2.35. The molecule has 0 N–H and O–H groups in total. The van der Waals surface area contributed by atoms with Crippen molar-refractivity contribution in [3.8, 4) is 0 Å². The number of nitrogens with zero attached hydrogens (tertiary/aromatic N) is 1. The van der Waals surface area contributed by atoms with Gasteiger partial charge in [0.1, 0.15) is 0 Å². The Morgan fingerprint density at radius 1 is 0.889 bits per heavy atom. The minimum atomic E-state index is -0.0329. The number of pyridine rings is 1. The van der Waals surface area contributed by atoms with Gasteiger partial charge in [0, 0.05) is 18.4 Å². The normalized spacial score (nSPS) is 17.8. The van der Waals surface area contributed by atoms with E-state index in [1.54, 1.807) is 0 Å². The summed E-state index contributed by atoms with van der Waals surface area (Å²) in [6, 6.07) is 16.4. The number of benzene rings is 2.